The molecule has 1 saturated carbocycles. The van der Waals surface area contributed by atoms with E-state index in [0.29, 0.717) is 6.54 Å². The number of hydrogen-bond acceptors (Lipinski definition) is 3. The van der Waals surface area contributed by atoms with E-state index in [1.54, 1.807) is 0 Å². The molecule has 1 aromatic carbocycles. The van der Waals surface area contributed by atoms with Gasteiger partial charge in [0, 0.05) is 13.6 Å². The quantitative estimate of drug-likeness (QED) is 0.919. The molecule has 5 nitrogen and oxygen atoms in total. The van der Waals surface area contributed by atoms with Crippen molar-refractivity contribution in [2.45, 2.75) is 38.6 Å². The van der Waals surface area contributed by atoms with Gasteiger partial charge in [0.2, 0.25) is 5.91 Å². The number of aryl methyl sites for hydroxylation is 1. The zero-order valence-electron chi connectivity index (χ0n) is 14.6. The molecule has 1 N–H and O–H groups in total. The largest absolute Gasteiger partial charge is 0.344 e. The van der Waals surface area contributed by atoms with Gasteiger partial charge < -0.3 is 9.88 Å². The number of carbonyl (C=O) groups is 1. The predicted octanol–water partition coefficient (Wildman–Crippen LogP) is 2.88. The van der Waals surface area contributed by atoms with Gasteiger partial charge in [0.15, 0.2) is 0 Å². The van der Waals surface area contributed by atoms with Crippen LogP contribution in [-0.2, 0) is 4.79 Å². The van der Waals surface area contributed by atoms with Crippen LogP contribution < -0.4 is 0 Å². The van der Waals surface area contributed by atoms with Crippen molar-refractivity contribution >= 4 is 16.9 Å². The number of imidazole rings is 1. The van der Waals surface area contributed by atoms with E-state index in [9.17, 15) is 4.79 Å². The maximum absolute atomic E-state index is 12.5. The first kappa shape index (κ1) is 15.6. The lowest BCUT2D eigenvalue weighted by Crippen LogP contribution is -2.39. The summed E-state index contributed by atoms with van der Waals surface area (Å²) in [7, 11) is 1.94. The molecule has 1 amide bonds. The lowest BCUT2D eigenvalue weighted by atomic mass is 10.2. The third kappa shape index (κ3) is 3.18. The van der Waals surface area contributed by atoms with Crippen LogP contribution in [0.2, 0.25) is 0 Å². The molecule has 2 fully saturated rings. The molecule has 1 aliphatic heterocycles. The second-order valence-corrected chi connectivity index (χ2v) is 7.49. The number of aromatic amines is 1. The zero-order chi connectivity index (χ0) is 16.7. The van der Waals surface area contributed by atoms with Crippen molar-refractivity contribution in [2.75, 3.05) is 26.7 Å². The molecule has 1 aliphatic carbocycles. The standard InChI is InChI=1S/C19H26N4O/c1-13-5-8-15-16(10-13)21-19(20-15)17-4-3-9-23(17)12-18(24)22(2)11-14-6-7-14/h5,8,10,14,17H,3-4,6-7,9,11-12H2,1-2H3,(H,20,21). The first-order valence-corrected chi connectivity index (χ1v) is 9.04. The normalized spacial score (nSPS) is 21.5. The van der Waals surface area contributed by atoms with Crippen molar-refractivity contribution in [2.24, 2.45) is 5.92 Å². The molecular formula is C19H26N4O. The van der Waals surface area contributed by atoms with Crippen molar-refractivity contribution < 1.29 is 4.79 Å². The number of hydrogen-bond donors (Lipinski definition) is 1. The van der Waals surface area contributed by atoms with E-state index in [1.165, 1.54) is 18.4 Å². The summed E-state index contributed by atoms with van der Waals surface area (Å²) in [5.74, 6) is 1.98. The van der Waals surface area contributed by atoms with Crippen LogP contribution in [0.15, 0.2) is 18.2 Å². The molecule has 2 aliphatic rings. The fourth-order valence-corrected chi connectivity index (χ4v) is 3.71. The Morgan fingerprint density at radius 3 is 3.00 bits per heavy atom. The number of rotatable bonds is 5. The summed E-state index contributed by atoms with van der Waals surface area (Å²) in [5, 5.41) is 0. The third-order valence-corrected chi connectivity index (χ3v) is 5.33. The number of likely N-dealkylation sites (tertiary alicyclic amines) is 1. The van der Waals surface area contributed by atoms with E-state index in [1.807, 2.05) is 11.9 Å². The summed E-state index contributed by atoms with van der Waals surface area (Å²) < 4.78 is 0. The molecule has 128 valence electrons. The summed E-state index contributed by atoms with van der Waals surface area (Å²) in [6.07, 6.45) is 4.75. The van der Waals surface area contributed by atoms with Crippen molar-refractivity contribution in [3.8, 4) is 0 Å². The Labute approximate surface area is 143 Å². The van der Waals surface area contributed by atoms with Gasteiger partial charge in [-0.1, -0.05) is 6.07 Å². The van der Waals surface area contributed by atoms with Crippen molar-refractivity contribution in [1.29, 1.82) is 0 Å². The topological polar surface area (TPSA) is 52.2 Å². The second-order valence-electron chi connectivity index (χ2n) is 7.49. The van der Waals surface area contributed by atoms with Crippen LogP contribution in [0.5, 0.6) is 0 Å². The Kier molecular flexibility index (Phi) is 4.04. The lowest BCUT2D eigenvalue weighted by molar-refractivity contribution is -0.131. The number of fused-ring (bicyclic) bond motifs is 1. The molecule has 1 saturated heterocycles. The molecule has 2 heterocycles. The molecule has 0 spiro atoms. The predicted molar refractivity (Wildman–Crippen MR) is 94.7 cm³/mol. The molecule has 1 atom stereocenters. The van der Waals surface area contributed by atoms with Crippen LogP contribution in [0, 0.1) is 12.8 Å². The van der Waals surface area contributed by atoms with Gasteiger partial charge in [0.1, 0.15) is 5.82 Å². The monoisotopic (exact) mass is 326 g/mol. The first-order valence-electron chi connectivity index (χ1n) is 9.04. The van der Waals surface area contributed by atoms with Crippen LogP contribution in [0.25, 0.3) is 11.0 Å². The molecule has 1 aromatic heterocycles. The number of nitrogens with one attached hydrogen (secondary N) is 1. The maximum Gasteiger partial charge on any atom is 0.236 e. The smallest absolute Gasteiger partial charge is 0.236 e. The van der Waals surface area contributed by atoms with Crippen LogP contribution in [0.4, 0.5) is 0 Å². The second kappa shape index (κ2) is 6.20. The minimum Gasteiger partial charge on any atom is -0.344 e. The molecule has 4 rings (SSSR count). The number of aromatic nitrogens is 2. The highest BCUT2D eigenvalue weighted by Gasteiger charge is 2.31. The van der Waals surface area contributed by atoms with Crippen LogP contribution in [-0.4, -0.2) is 52.4 Å². The molecule has 0 bridgehead atoms. The average Bonchev–Trinajstić information content (AvgIpc) is 3.08. The molecule has 24 heavy (non-hydrogen) atoms. The SMILES string of the molecule is Cc1ccc2nc(C3CCCN3CC(=O)N(C)CC3CC3)[nH]c2c1. The summed E-state index contributed by atoms with van der Waals surface area (Å²) >= 11 is 0. The molecular weight excluding hydrogens is 300 g/mol. The van der Waals surface area contributed by atoms with E-state index in [0.717, 1.165) is 48.7 Å². The van der Waals surface area contributed by atoms with Crippen LogP contribution in [0.3, 0.4) is 0 Å². The van der Waals surface area contributed by atoms with Gasteiger partial charge in [-0.15, -0.1) is 0 Å². The Morgan fingerprint density at radius 2 is 2.21 bits per heavy atom. The van der Waals surface area contributed by atoms with Gasteiger partial charge in [-0.25, -0.2) is 4.98 Å². The highest BCUT2D eigenvalue weighted by atomic mass is 16.2. The van der Waals surface area contributed by atoms with Crippen LogP contribution in [0.1, 0.15) is 43.1 Å². The number of H-pyrrole nitrogens is 1. The minimum atomic E-state index is 0.232. The fourth-order valence-electron chi connectivity index (χ4n) is 3.71. The highest BCUT2D eigenvalue weighted by molar-refractivity contribution is 5.78. The van der Waals surface area contributed by atoms with E-state index in [4.69, 9.17) is 4.98 Å². The Morgan fingerprint density at radius 1 is 1.38 bits per heavy atom. The summed E-state index contributed by atoms with van der Waals surface area (Å²) in [6.45, 7) is 4.49. The Bertz CT molecular complexity index is 749. The Balaban J connectivity index is 1.47. The minimum absolute atomic E-state index is 0.232. The summed E-state index contributed by atoms with van der Waals surface area (Å²) in [5.41, 5.74) is 3.34. The van der Waals surface area contributed by atoms with Crippen molar-refractivity contribution in [3.05, 3.63) is 29.6 Å². The number of nitrogens with zero attached hydrogens (tertiary/aromatic N) is 3. The number of amides is 1. The zero-order valence-corrected chi connectivity index (χ0v) is 14.6. The highest BCUT2D eigenvalue weighted by Crippen LogP contribution is 2.32. The Hall–Kier alpha value is -1.88. The third-order valence-electron chi connectivity index (χ3n) is 5.33. The van der Waals surface area contributed by atoms with Crippen LogP contribution >= 0.6 is 0 Å². The van der Waals surface area contributed by atoms with Crippen molar-refractivity contribution in [3.63, 3.8) is 0 Å². The number of benzene rings is 1. The summed E-state index contributed by atoms with van der Waals surface area (Å²) in [6, 6.07) is 6.53. The van der Waals surface area contributed by atoms with E-state index in [2.05, 4.69) is 35.0 Å². The fraction of sp³-hybridized carbons (Fsp3) is 0.579. The molecule has 0 radical (unpaired) electrons. The molecule has 1 unspecified atom stereocenters. The maximum atomic E-state index is 12.5. The summed E-state index contributed by atoms with van der Waals surface area (Å²) in [4.78, 5) is 25.0. The van der Waals surface area contributed by atoms with Gasteiger partial charge in [-0.3, -0.25) is 9.69 Å². The van der Waals surface area contributed by atoms with Gasteiger partial charge in [-0.05, 0) is 62.8 Å². The van der Waals surface area contributed by atoms with Gasteiger partial charge >= 0.3 is 0 Å². The van der Waals surface area contributed by atoms with Crippen molar-refractivity contribution in [1.82, 2.24) is 19.8 Å². The molecule has 5 heteroatoms. The number of carbonyl (C=O) groups excluding carboxylic acids is 1. The van der Waals surface area contributed by atoms with Gasteiger partial charge in [-0.2, -0.15) is 0 Å². The van der Waals surface area contributed by atoms with E-state index < -0.39 is 0 Å². The average molecular weight is 326 g/mol. The van der Waals surface area contributed by atoms with E-state index >= 15 is 0 Å². The number of likely N-dealkylation sites (N-methyl/N-ethyl adjacent to an activating group) is 1. The molecule has 2 aromatic rings. The van der Waals surface area contributed by atoms with E-state index in [-0.39, 0.29) is 11.9 Å². The first-order chi connectivity index (χ1) is 11.6. The van der Waals surface area contributed by atoms with Gasteiger partial charge in [0.05, 0.1) is 23.6 Å². The lowest BCUT2D eigenvalue weighted by Gasteiger charge is -2.25. The van der Waals surface area contributed by atoms with Gasteiger partial charge in [0.25, 0.3) is 0 Å².